The Bertz CT molecular complexity index is 872. The van der Waals surface area contributed by atoms with Crippen LogP contribution < -0.4 is 4.74 Å². The number of phenols is 1. The minimum absolute atomic E-state index is 0.113. The van der Waals surface area contributed by atoms with Crippen molar-refractivity contribution in [2.24, 2.45) is 0 Å². The fourth-order valence-electron chi connectivity index (χ4n) is 2.43. The van der Waals surface area contributed by atoms with Gasteiger partial charge in [0.25, 0.3) is 0 Å². The molecule has 3 aromatic rings. The molecule has 0 aliphatic rings. The molecule has 1 heterocycles. The molecule has 0 amide bonds. The van der Waals surface area contributed by atoms with Crippen molar-refractivity contribution < 1.29 is 19.2 Å². The zero-order valence-electron chi connectivity index (χ0n) is 13.3. The zero-order valence-corrected chi connectivity index (χ0v) is 13.3. The fraction of sp³-hybridized carbons (Fsp3) is 0.167. The number of phenolic OH excluding ortho intramolecular Hbond substituents is 1. The van der Waals surface area contributed by atoms with Gasteiger partial charge in [-0.15, -0.1) is 0 Å². The molecular formula is C18H16N2O4. The van der Waals surface area contributed by atoms with Crippen molar-refractivity contribution >= 4 is 5.78 Å². The number of hydrogen-bond donors (Lipinski definition) is 1. The second kappa shape index (κ2) is 6.54. The van der Waals surface area contributed by atoms with E-state index in [0.29, 0.717) is 17.0 Å². The Morgan fingerprint density at radius 2 is 2.00 bits per heavy atom. The zero-order chi connectivity index (χ0) is 17.1. The summed E-state index contributed by atoms with van der Waals surface area (Å²) >= 11 is 0. The van der Waals surface area contributed by atoms with Crippen LogP contribution in [0.3, 0.4) is 0 Å². The third kappa shape index (κ3) is 3.12. The Morgan fingerprint density at radius 1 is 1.25 bits per heavy atom. The summed E-state index contributed by atoms with van der Waals surface area (Å²) in [6, 6.07) is 12.3. The van der Waals surface area contributed by atoms with E-state index in [1.165, 1.54) is 19.2 Å². The van der Waals surface area contributed by atoms with E-state index < -0.39 is 0 Å². The number of carbonyl (C=O) groups excluding carboxylic acids is 1. The number of nitrogens with zero attached hydrogens (tertiary/aromatic N) is 2. The highest BCUT2D eigenvalue weighted by Gasteiger charge is 2.20. The molecule has 6 nitrogen and oxygen atoms in total. The monoisotopic (exact) mass is 324 g/mol. The van der Waals surface area contributed by atoms with Crippen molar-refractivity contribution in [1.29, 1.82) is 0 Å². The molecular weight excluding hydrogens is 308 g/mol. The first-order valence-corrected chi connectivity index (χ1v) is 7.37. The molecule has 0 aliphatic heterocycles. The van der Waals surface area contributed by atoms with E-state index in [0.717, 1.165) is 5.56 Å². The number of benzene rings is 2. The van der Waals surface area contributed by atoms with E-state index in [1.54, 1.807) is 6.92 Å². The highest BCUT2D eigenvalue weighted by molar-refractivity contribution is 6.03. The van der Waals surface area contributed by atoms with Crippen LogP contribution in [-0.4, -0.2) is 28.1 Å². The molecule has 1 aromatic heterocycles. The number of aryl methyl sites for hydroxylation is 1. The maximum absolute atomic E-state index is 12.7. The van der Waals surface area contributed by atoms with Crippen molar-refractivity contribution in [2.45, 2.75) is 13.3 Å². The molecule has 0 fully saturated rings. The van der Waals surface area contributed by atoms with Gasteiger partial charge in [0, 0.05) is 24.5 Å². The number of Topliss-reactive ketones (excluding diaryl/α,β-unsaturated/α-hetero) is 1. The van der Waals surface area contributed by atoms with Gasteiger partial charge in [-0.25, -0.2) is 0 Å². The van der Waals surface area contributed by atoms with Gasteiger partial charge in [-0.3, -0.25) is 4.79 Å². The summed E-state index contributed by atoms with van der Waals surface area (Å²) in [5, 5.41) is 13.9. The lowest BCUT2D eigenvalue weighted by Gasteiger charge is -2.10. The summed E-state index contributed by atoms with van der Waals surface area (Å²) in [7, 11) is 1.44. The lowest BCUT2D eigenvalue weighted by atomic mass is 9.97. The van der Waals surface area contributed by atoms with E-state index in [2.05, 4.69) is 10.1 Å². The first-order valence-electron chi connectivity index (χ1n) is 7.37. The molecule has 0 unspecified atom stereocenters. The Kier molecular flexibility index (Phi) is 4.29. The minimum Gasteiger partial charge on any atom is -0.504 e. The van der Waals surface area contributed by atoms with Crippen LogP contribution in [0.2, 0.25) is 0 Å². The lowest BCUT2D eigenvalue weighted by Crippen LogP contribution is -2.06. The average Bonchev–Trinajstić information content (AvgIpc) is 3.01. The van der Waals surface area contributed by atoms with E-state index in [4.69, 9.17) is 9.26 Å². The molecule has 0 aliphatic carbocycles. The molecule has 1 N–H and O–H groups in total. The Balaban J connectivity index is 2.05. The van der Waals surface area contributed by atoms with Crippen LogP contribution in [0.5, 0.6) is 11.5 Å². The van der Waals surface area contributed by atoms with Gasteiger partial charge in [0.2, 0.25) is 11.7 Å². The minimum atomic E-state index is -0.156. The Labute approximate surface area is 138 Å². The smallest absolute Gasteiger partial charge is 0.223 e. The molecule has 0 saturated heterocycles. The summed E-state index contributed by atoms with van der Waals surface area (Å²) in [6.45, 7) is 1.67. The van der Waals surface area contributed by atoms with Crippen LogP contribution in [0.1, 0.15) is 21.8 Å². The largest absolute Gasteiger partial charge is 0.504 e. The maximum atomic E-state index is 12.7. The molecule has 0 atom stereocenters. The van der Waals surface area contributed by atoms with E-state index in [9.17, 15) is 9.90 Å². The van der Waals surface area contributed by atoms with Crippen LogP contribution in [0.25, 0.3) is 11.4 Å². The van der Waals surface area contributed by atoms with Crippen LogP contribution in [-0.2, 0) is 6.42 Å². The summed E-state index contributed by atoms with van der Waals surface area (Å²) in [6.07, 6.45) is 0.205. The van der Waals surface area contributed by atoms with Crippen molar-refractivity contribution in [3.05, 3.63) is 59.5 Å². The number of ketones is 1. The van der Waals surface area contributed by atoms with Crippen LogP contribution in [0, 0.1) is 6.92 Å². The van der Waals surface area contributed by atoms with Gasteiger partial charge in [0.15, 0.2) is 17.3 Å². The average molecular weight is 324 g/mol. The summed E-state index contributed by atoms with van der Waals surface area (Å²) < 4.78 is 10.1. The quantitative estimate of drug-likeness (QED) is 0.726. The number of hydrogen-bond acceptors (Lipinski definition) is 6. The SMILES string of the molecule is COc1cc(-c2noc(C)n2)c(C(=O)Cc2ccccc2)cc1O. The molecule has 6 heteroatoms. The number of methoxy groups -OCH3 is 1. The van der Waals surface area contributed by atoms with E-state index in [1.807, 2.05) is 30.3 Å². The molecule has 122 valence electrons. The summed E-state index contributed by atoms with van der Waals surface area (Å²) in [5.74, 6) is 0.638. The number of aromatic hydroxyl groups is 1. The molecule has 0 saturated carbocycles. The predicted molar refractivity (Wildman–Crippen MR) is 87.2 cm³/mol. The second-order valence-electron chi connectivity index (χ2n) is 5.29. The van der Waals surface area contributed by atoms with Gasteiger partial charge in [-0.1, -0.05) is 35.5 Å². The number of rotatable bonds is 5. The molecule has 24 heavy (non-hydrogen) atoms. The highest BCUT2D eigenvalue weighted by atomic mass is 16.5. The molecule has 2 aromatic carbocycles. The van der Waals surface area contributed by atoms with Crippen LogP contribution >= 0.6 is 0 Å². The normalized spacial score (nSPS) is 10.6. The predicted octanol–water partition coefficient (Wildman–Crippen LogP) is 3.18. The Morgan fingerprint density at radius 3 is 2.62 bits per heavy atom. The third-order valence-electron chi connectivity index (χ3n) is 3.60. The van der Waals surface area contributed by atoms with E-state index >= 15 is 0 Å². The van der Waals surface area contributed by atoms with Crippen molar-refractivity contribution in [3.63, 3.8) is 0 Å². The summed E-state index contributed by atoms with van der Waals surface area (Å²) in [4.78, 5) is 16.9. The van der Waals surface area contributed by atoms with Gasteiger partial charge in [0.1, 0.15) is 0 Å². The third-order valence-corrected chi connectivity index (χ3v) is 3.60. The van der Waals surface area contributed by atoms with Gasteiger partial charge >= 0.3 is 0 Å². The maximum Gasteiger partial charge on any atom is 0.223 e. The second-order valence-corrected chi connectivity index (χ2v) is 5.29. The number of aromatic nitrogens is 2. The fourth-order valence-corrected chi connectivity index (χ4v) is 2.43. The number of ether oxygens (including phenoxy) is 1. The standard InChI is InChI=1S/C18H16N2O4/c1-11-19-18(20-24-11)14-10-17(23-2)16(22)9-13(14)15(21)8-12-6-4-3-5-7-12/h3-7,9-10,22H,8H2,1-2H3. The molecule has 0 radical (unpaired) electrons. The first kappa shape index (κ1) is 15.7. The molecule has 0 bridgehead atoms. The number of carbonyl (C=O) groups is 1. The van der Waals surface area contributed by atoms with Gasteiger partial charge in [0.05, 0.1) is 7.11 Å². The topological polar surface area (TPSA) is 85.5 Å². The molecule has 3 rings (SSSR count). The van der Waals surface area contributed by atoms with Crippen LogP contribution in [0.15, 0.2) is 47.0 Å². The van der Waals surface area contributed by atoms with Gasteiger partial charge in [-0.2, -0.15) is 4.98 Å². The molecule has 0 spiro atoms. The van der Waals surface area contributed by atoms with Gasteiger partial charge < -0.3 is 14.4 Å². The van der Waals surface area contributed by atoms with Crippen molar-refractivity contribution in [2.75, 3.05) is 7.11 Å². The van der Waals surface area contributed by atoms with Crippen LogP contribution in [0.4, 0.5) is 0 Å². The van der Waals surface area contributed by atoms with Crippen molar-refractivity contribution in [1.82, 2.24) is 10.1 Å². The van der Waals surface area contributed by atoms with Gasteiger partial charge in [-0.05, 0) is 17.7 Å². The first-order chi connectivity index (χ1) is 11.6. The highest BCUT2D eigenvalue weighted by Crippen LogP contribution is 2.34. The van der Waals surface area contributed by atoms with E-state index in [-0.39, 0.29) is 29.5 Å². The Hall–Kier alpha value is -3.15. The summed E-state index contributed by atoms with van der Waals surface area (Å²) in [5.41, 5.74) is 1.66. The van der Waals surface area contributed by atoms with Crippen molar-refractivity contribution in [3.8, 4) is 22.9 Å². The lowest BCUT2D eigenvalue weighted by molar-refractivity contribution is 0.0993.